The summed E-state index contributed by atoms with van der Waals surface area (Å²) < 4.78 is 0. The average Bonchev–Trinajstić information content (AvgIpc) is 2.00. The minimum atomic E-state index is -0.570. The molecule has 0 atom stereocenters. The van der Waals surface area contributed by atoms with Crippen molar-refractivity contribution in [3.05, 3.63) is 12.7 Å². The highest BCUT2D eigenvalue weighted by atomic mass is 16.2. The highest BCUT2D eigenvalue weighted by Crippen LogP contribution is 1.70. The quantitative estimate of drug-likeness (QED) is 0.399. The molecule has 0 saturated heterocycles. The number of hydrogen-bond donors (Lipinski definition) is 2. The van der Waals surface area contributed by atoms with Crippen LogP contribution in [0.1, 0.15) is 0 Å². The zero-order chi connectivity index (χ0) is 8.69. The molecule has 4 heteroatoms. The second-order valence-electron chi connectivity index (χ2n) is 1.95. The number of hydrogen-bond acceptors (Lipinski definition) is 3. The highest BCUT2D eigenvalue weighted by Gasteiger charge is 2.09. The molecule has 0 aliphatic carbocycles. The van der Waals surface area contributed by atoms with Crippen LogP contribution in [-0.2, 0) is 9.59 Å². The fourth-order valence-corrected chi connectivity index (χ4v) is 0.504. The standard InChI is InChI=1S/C7H12N2O2/c1-3-4-9-7(11)6(10)5-8-2/h3,8H,1,4-5H2,2H3,(H,9,11). The van der Waals surface area contributed by atoms with Crippen molar-refractivity contribution in [2.75, 3.05) is 20.1 Å². The van der Waals surface area contributed by atoms with Crippen molar-refractivity contribution in [1.82, 2.24) is 10.6 Å². The minimum absolute atomic E-state index is 0.0724. The zero-order valence-corrected chi connectivity index (χ0v) is 6.52. The highest BCUT2D eigenvalue weighted by molar-refractivity contribution is 6.37. The third-order valence-electron chi connectivity index (χ3n) is 0.998. The van der Waals surface area contributed by atoms with Gasteiger partial charge in [-0.25, -0.2) is 0 Å². The predicted molar refractivity (Wildman–Crippen MR) is 42.1 cm³/mol. The lowest BCUT2D eigenvalue weighted by atomic mass is 10.3. The summed E-state index contributed by atoms with van der Waals surface area (Å²) in [5.74, 6) is -1.03. The molecule has 0 heterocycles. The molecule has 62 valence electrons. The lowest BCUT2D eigenvalue weighted by molar-refractivity contribution is -0.137. The number of nitrogens with one attached hydrogen (secondary N) is 2. The molecule has 0 aromatic heterocycles. The van der Waals surface area contributed by atoms with Crippen molar-refractivity contribution >= 4 is 11.7 Å². The van der Waals surface area contributed by atoms with E-state index in [4.69, 9.17) is 0 Å². The van der Waals surface area contributed by atoms with Gasteiger partial charge in [0, 0.05) is 6.54 Å². The summed E-state index contributed by atoms with van der Waals surface area (Å²) in [6.07, 6.45) is 1.52. The SMILES string of the molecule is C=CCNC(=O)C(=O)CNC. The summed E-state index contributed by atoms with van der Waals surface area (Å²) in [5.41, 5.74) is 0. The first-order chi connectivity index (χ1) is 5.22. The van der Waals surface area contributed by atoms with Crippen LogP contribution in [-0.4, -0.2) is 31.8 Å². The Labute approximate surface area is 65.7 Å². The summed E-state index contributed by atoms with van der Waals surface area (Å²) in [6, 6.07) is 0. The van der Waals surface area contributed by atoms with Crippen LogP contribution in [0.25, 0.3) is 0 Å². The first kappa shape index (κ1) is 9.84. The van der Waals surface area contributed by atoms with Gasteiger partial charge in [0.05, 0.1) is 6.54 Å². The maximum absolute atomic E-state index is 10.7. The first-order valence-corrected chi connectivity index (χ1v) is 3.29. The molecule has 0 aliphatic heterocycles. The third-order valence-corrected chi connectivity index (χ3v) is 0.998. The Hall–Kier alpha value is -1.16. The number of carbonyl (C=O) groups excluding carboxylic acids is 2. The van der Waals surface area contributed by atoms with Crippen molar-refractivity contribution in [1.29, 1.82) is 0 Å². The molecular weight excluding hydrogens is 144 g/mol. The van der Waals surface area contributed by atoms with E-state index in [9.17, 15) is 9.59 Å². The third kappa shape index (κ3) is 4.27. The Kier molecular flexibility index (Phi) is 5.02. The number of ketones is 1. The predicted octanol–water partition coefficient (Wildman–Crippen LogP) is -0.923. The maximum Gasteiger partial charge on any atom is 0.288 e. The lowest BCUT2D eigenvalue weighted by Crippen LogP contribution is -2.36. The van der Waals surface area contributed by atoms with E-state index in [2.05, 4.69) is 17.2 Å². The Morgan fingerprint density at radius 2 is 2.18 bits per heavy atom. The number of rotatable bonds is 5. The Bertz CT molecular complexity index is 166. The smallest absolute Gasteiger partial charge is 0.288 e. The van der Waals surface area contributed by atoms with Gasteiger partial charge < -0.3 is 10.6 Å². The van der Waals surface area contributed by atoms with E-state index < -0.39 is 11.7 Å². The van der Waals surface area contributed by atoms with Crippen LogP contribution in [0.4, 0.5) is 0 Å². The van der Waals surface area contributed by atoms with Gasteiger partial charge in [-0.1, -0.05) is 6.08 Å². The topological polar surface area (TPSA) is 58.2 Å². The van der Waals surface area contributed by atoms with E-state index in [0.29, 0.717) is 6.54 Å². The molecule has 0 aliphatic rings. The number of carbonyl (C=O) groups is 2. The van der Waals surface area contributed by atoms with Gasteiger partial charge in [0.1, 0.15) is 0 Å². The number of likely N-dealkylation sites (N-methyl/N-ethyl adjacent to an activating group) is 1. The molecule has 4 nitrogen and oxygen atoms in total. The molecule has 2 N–H and O–H groups in total. The van der Waals surface area contributed by atoms with Crippen molar-refractivity contribution in [3.8, 4) is 0 Å². The van der Waals surface area contributed by atoms with Crippen molar-refractivity contribution in [3.63, 3.8) is 0 Å². The summed E-state index contributed by atoms with van der Waals surface area (Å²) >= 11 is 0. The number of amides is 1. The summed E-state index contributed by atoms with van der Waals surface area (Å²) in [4.78, 5) is 21.5. The van der Waals surface area contributed by atoms with Crippen molar-refractivity contribution in [2.45, 2.75) is 0 Å². The van der Waals surface area contributed by atoms with Crippen molar-refractivity contribution in [2.24, 2.45) is 0 Å². The number of Topliss-reactive ketones (excluding diaryl/α,β-unsaturated/α-hetero) is 1. The van der Waals surface area contributed by atoms with Gasteiger partial charge in [-0.3, -0.25) is 9.59 Å². The molecule has 0 aromatic carbocycles. The normalized spacial score (nSPS) is 8.82. The first-order valence-electron chi connectivity index (χ1n) is 3.29. The molecule has 0 radical (unpaired) electrons. The van der Waals surface area contributed by atoms with Gasteiger partial charge in [0.25, 0.3) is 5.91 Å². The van der Waals surface area contributed by atoms with Crippen LogP contribution in [0, 0.1) is 0 Å². The molecule has 11 heavy (non-hydrogen) atoms. The molecule has 0 spiro atoms. The summed E-state index contributed by atoms with van der Waals surface area (Å²) in [5, 5.41) is 4.96. The van der Waals surface area contributed by atoms with Crippen LogP contribution in [0.2, 0.25) is 0 Å². The van der Waals surface area contributed by atoms with Crippen LogP contribution in [0.3, 0.4) is 0 Å². The molecule has 1 amide bonds. The minimum Gasteiger partial charge on any atom is -0.346 e. The van der Waals surface area contributed by atoms with E-state index >= 15 is 0 Å². The van der Waals surface area contributed by atoms with Gasteiger partial charge in [0.2, 0.25) is 5.78 Å². The van der Waals surface area contributed by atoms with Gasteiger partial charge in [-0.05, 0) is 7.05 Å². The average molecular weight is 156 g/mol. The zero-order valence-electron chi connectivity index (χ0n) is 6.52. The molecule has 0 unspecified atom stereocenters. The lowest BCUT2D eigenvalue weighted by Gasteiger charge is -1.99. The van der Waals surface area contributed by atoms with E-state index in [1.807, 2.05) is 0 Å². The van der Waals surface area contributed by atoms with E-state index in [1.165, 1.54) is 6.08 Å². The Morgan fingerprint density at radius 1 is 1.55 bits per heavy atom. The van der Waals surface area contributed by atoms with E-state index in [1.54, 1.807) is 7.05 Å². The molecule has 0 bridgehead atoms. The maximum atomic E-state index is 10.7. The Balaban J connectivity index is 3.64. The van der Waals surface area contributed by atoms with E-state index in [-0.39, 0.29) is 6.54 Å². The van der Waals surface area contributed by atoms with Gasteiger partial charge >= 0.3 is 0 Å². The van der Waals surface area contributed by atoms with Crippen LogP contribution in [0.15, 0.2) is 12.7 Å². The second kappa shape index (κ2) is 5.61. The van der Waals surface area contributed by atoms with Gasteiger partial charge in [0.15, 0.2) is 0 Å². The van der Waals surface area contributed by atoms with Crippen molar-refractivity contribution < 1.29 is 9.59 Å². The molecule has 0 rings (SSSR count). The van der Waals surface area contributed by atoms with Crippen LogP contribution >= 0.6 is 0 Å². The van der Waals surface area contributed by atoms with Gasteiger partial charge in [-0.2, -0.15) is 0 Å². The second-order valence-corrected chi connectivity index (χ2v) is 1.95. The molecule has 0 saturated carbocycles. The fraction of sp³-hybridized carbons (Fsp3) is 0.429. The summed E-state index contributed by atoms with van der Waals surface area (Å²) in [6.45, 7) is 3.80. The molecule has 0 fully saturated rings. The fourth-order valence-electron chi connectivity index (χ4n) is 0.504. The molecule has 0 aromatic rings. The van der Waals surface area contributed by atoms with Crippen LogP contribution < -0.4 is 10.6 Å². The van der Waals surface area contributed by atoms with Gasteiger partial charge in [-0.15, -0.1) is 6.58 Å². The summed E-state index contributed by atoms with van der Waals surface area (Å²) in [7, 11) is 1.61. The van der Waals surface area contributed by atoms with E-state index in [0.717, 1.165) is 0 Å². The Morgan fingerprint density at radius 3 is 2.64 bits per heavy atom. The van der Waals surface area contributed by atoms with Crippen LogP contribution in [0.5, 0.6) is 0 Å². The monoisotopic (exact) mass is 156 g/mol. The molecular formula is C7H12N2O2. The largest absolute Gasteiger partial charge is 0.346 e.